The van der Waals surface area contributed by atoms with Crippen LogP contribution in [0.4, 0.5) is 13.2 Å². The third kappa shape index (κ3) is 4.18. The van der Waals surface area contributed by atoms with E-state index in [1.807, 2.05) is 0 Å². The number of nitrogens with two attached hydrogens (primary N) is 1. The lowest BCUT2D eigenvalue weighted by Gasteiger charge is -2.44. The van der Waals surface area contributed by atoms with E-state index >= 15 is 4.39 Å². The first kappa shape index (κ1) is 25.4. The van der Waals surface area contributed by atoms with E-state index in [4.69, 9.17) is 17.3 Å². The van der Waals surface area contributed by atoms with Crippen molar-refractivity contribution in [2.24, 2.45) is 15.1 Å². The molecule has 2 N–H and O–H groups in total. The Morgan fingerprint density at radius 3 is 2.69 bits per heavy atom. The van der Waals surface area contributed by atoms with Gasteiger partial charge < -0.3 is 10.5 Å². The average Bonchev–Trinajstić information content (AvgIpc) is 3.18. The van der Waals surface area contributed by atoms with Crippen LogP contribution in [-0.4, -0.2) is 44.0 Å². The number of ether oxygens (including phenoxy) is 1. The minimum absolute atomic E-state index is 0.134. The summed E-state index contributed by atoms with van der Waals surface area (Å²) in [6.45, 7) is 2.45. The monoisotopic (exact) mass is 528 g/mol. The standard InChI is InChI=1S/C23H24ClF3N4O3S/c1-22(2)20(28)31-23(3,18-6-7-30-35(18,22)33)14-8-12(4-5-16(14)25)9-17(32)19-15(24)10-13(11-29-19)34-21(26)27/h4-5,8,10-11,18,21H,6-7,9H2,1-3H3,(H2,28,31)/t18-,23+,35+/m0/s1. The third-order valence-corrected chi connectivity index (χ3v) is 10.6. The fourth-order valence-electron chi connectivity index (χ4n) is 4.64. The maximum Gasteiger partial charge on any atom is 0.387 e. The van der Waals surface area contributed by atoms with Crippen molar-refractivity contribution in [1.82, 2.24) is 4.98 Å². The van der Waals surface area contributed by atoms with Gasteiger partial charge in [0.1, 0.15) is 33.4 Å². The van der Waals surface area contributed by atoms with Gasteiger partial charge in [0.2, 0.25) is 0 Å². The highest BCUT2D eigenvalue weighted by atomic mass is 35.5. The average molecular weight is 529 g/mol. The van der Waals surface area contributed by atoms with Crippen molar-refractivity contribution in [3.63, 3.8) is 0 Å². The normalized spacial score (nSPS) is 27.2. The first-order chi connectivity index (χ1) is 16.3. The second-order valence-electron chi connectivity index (χ2n) is 9.15. The van der Waals surface area contributed by atoms with Crippen molar-refractivity contribution in [3.05, 3.63) is 58.1 Å². The maximum atomic E-state index is 15.1. The SMILES string of the molecule is CC1(C)C(N)=N[C@](C)(c2cc(CC(=O)c3ncc(OC(F)F)cc3Cl)ccc2F)[C@@H]2CCN=[S@@]21=O. The lowest BCUT2D eigenvalue weighted by molar-refractivity contribution is -0.0500. The molecule has 0 aliphatic carbocycles. The van der Waals surface area contributed by atoms with Gasteiger partial charge in [0.15, 0.2) is 5.78 Å². The molecule has 0 unspecified atom stereocenters. The van der Waals surface area contributed by atoms with Crippen molar-refractivity contribution in [2.45, 2.75) is 55.8 Å². The molecule has 0 saturated carbocycles. The van der Waals surface area contributed by atoms with Gasteiger partial charge in [-0.25, -0.2) is 17.9 Å². The summed E-state index contributed by atoms with van der Waals surface area (Å²) >= 11 is 6.05. The van der Waals surface area contributed by atoms with E-state index in [-0.39, 0.29) is 34.3 Å². The molecule has 0 bridgehead atoms. The van der Waals surface area contributed by atoms with Crippen LogP contribution in [0.3, 0.4) is 0 Å². The molecule has 7 nitrogen and oxygen atoms in total. The molecule has 2 aliphatic rings. The maximum absolute atomic E-state index is 15.1. The third-order valence-electron chi connectivity index (χ3n) is 6.63. The second-order valence-corrected chi connectivity index (χ2v) is 12.5. The van der Waals surface area contributed by atoms with Gasteiger partial charge in [-0.1, -0.05) is 17.7 Å². The summed E-state index contributed by atoms with van der Waals surface area (Å²) in [7, 11) is -2.85. The number of ketones is 1. The van der Waals surface area contributed by atoms with Gasteiger partial charge in [0.25, 0.3) is 0 Å². The summed E-state index contributed by atoms with van der Waals surface area (Å²) in [6, 6.07) is 5.24. The zero-order chi connectivity index (χ0) is 25.8. The van der Waals surface area contributed by atoms with E-state index in [1.165, 1.54) is 18.2 Å². The summed E-state index contributed by atoms with van der Waals surface area (Å²) in [5.74, 6) is -1.22. The molecule has 35 heavy (non-hydrogen) atoms. The van der Waals surface area contributed by atoms with E-state index < -0.39 is 43.5 Å². The molecule has 3 heterocycles. The van der Waals surface area contributed by atoms with E-state index in [9.17, 15) is 17.8 Å². The molecule has 1 aromatic heterocycles. The number of aromatic nitrogens is 1. The molecule has 12 heteroatoms. The van der Waals surface area contributed by atoms with Crippen molar-refractivity contribution >= 4 is 32.9 Å². The number of aliphatic imine (C=N–C) groups is 1. The Labute approximate surface area is 206 Å². The topological polar surface area (TPSA) is 107 Å². The number of pyridine rings is 1. The van der Waals surface area contributed by atoms with Crippen LogP contribution in [0, 0.1) is 5.82 Å². The lowest BCUT2D eigenvalue weighted by atomic mass is 9.84. The Hall–Kier alpha value is -2.66. The molecule has 4 rings (SSSR count). The van der Waals surface area contributed by atoms with Crippen molar-refractivity contribution in [1.29, 1.82) is 0 Å². The summed E-state index contributed by atoms with van der Waals surface area (Å²) in [5, 5.41) is -0.710. The number of hydrogen-bond acceptors (Lipinski definition) is 7. The summed E-state index contributed by atoms with van der Waals surface area (Å²) in [6.07, 6.45) is 1.24. The summed E-state index contributed by atoms with van der Waals surface area (Å²) in [4.78, 5) is 21.3. The number of carbonyl (C=O) groups is 1. The minimum Gasteiger partial charge on any atom is -0.433 e. The van der Waals surface area contributed by atoms with Gasteiger partial charge in [-0.2, -0.15) is 8.78 Å². The second kappa shape index (κ2) is 8.77. The molecular formula is C23H24ClF3N4O3S. The van der Waals surface area contributed by atoms with Crippen LogP contribution >= 0.6 is 11.6 Å². The van der Waals surface area contributed by atoms with Gasteiger partial charge in [0.05, 0.1) is 26.2 Å². The first-order valence-corrected chi connectivity index (χ1v) is 12.7. The number of alkyl halides is 2. The van der Waals surface area contributed by atoms with Crippen molar-refractivity contribution < 1.29 is 26.9 Å². The largest absolute Gasteiger partial charge is 0.433 e. The number of rotatable bonds is 6. The highest BCUT2D eigenvalue weighted by molar-refractivity contribution is 7.96. The number of nitrogens with zero attached hydrogens (tertiary/aromatic N) is 3. The van der Waals surface area contributed by atoms with Crippen LogP contribution in [0.15, 0.2) is 39.8 Å². The number of amidine groups is 1. The van der Waals surface area contributed by atoms with E-state index in [1.54, 1.807) is 20.8 Å². The molecule has 0 radical (unpaired) electrons. The molecule has 0 amide bonds. The highest BCUT2D eigenvalue weighted by Gasteiger charge is 2.56. The van der Waals surface area contributed by atoms with E-state index in [2.05, 4.69) is 19.1 Å². The number of Topliss-reactive ketones (excluding diaryl/α,β-unsaturated/α-hetero) is 1. The number of hydrogen-bond donors (Lipinski definition) is 1. The summed E-state index contributed by atoms with van der Waals surface area (Å²) < 4.78 is 61.5. The van der Waals surface area contributed by atoms with Gasteiger partial charge >= 0.3 is 6.61 Å². The lowest BCUT2D eigenvalue weighted by Crippen LogP contribution is -2.58. The van der Waals surface area contributed by atoms with E-state index in [0.717, 1.165) is 12.3 Å². The van der Waals surface area contributed by atoms with Gasteiger partial charge in [-0.15, -0.1) is 0 Å². The number of benzene rings is 1. The molecule has 0 fully saturated rings. The molecule has 2 aromatic rings. The van der Waals surface area contributed by atoms with Crippen LogP contribution in [0.5, 0.6) is 5.75 Å². The Morgan fingerprint density at radius 1 is 1.31 bits per heavy atom. The van der Waals surface area contributed by atoms with Gasteiger partial charge in [-0.05, 0) is 44.9 Å². The van der Waals surface area contributed by atoms with Crippen molar-refractivity contribution in [3.8, 4) is 5.75 Å². The predicted octanol–water partition coefficient (Wildman–Crippen LogP) is 4.51. The zero-order valence-electron chi connectivity index (χ0n) is 19.2. The minimum atomic E-state index is -3.06. The summed E-state index contributed by atoms with van der Waals surface area (Å²) in [5.41, 5.74) is 5.45. The fourth-order valence-corrected chi connectivity index (χ4v) is 8.06. The molecule has 2 aliphatic heterocycles. The van der Waals surface area contributed by atoms with Crippen LogP contribution in [0.1, 0.15) is 48.8 Å². The molecule has 1 aromatic carbocycles. The molecule has 0 spiro atoms. The van der Waals surface area contributed by atoms with Crippen LogP contribution in [-0.2, 0) is 21.7 Å². The number of carbonyl (C=O) groups excluding carboxylic acids is 1. The van der Waals surface area contributed by atoms with Crippen molar-refractivity contribution in [2.75, 3.05) is 6.54 Å². The Balaban J connectivity index is 1.69. The van der Waals surface area contributed by atoms with Crippen LogP contribution < -0.4 is 10.5 Å². The van der Waals surface area contributed by atoms with Gasteiger partial charge in [0, 0.05) is 24.6 Å². The molecule has 0 saturated heterocycles. The zero-order valence-corrected chi connectivity index (χ0v) is 20.8. The molecule has 3 atom stereocenters. The number of halogens is 4. The van der Waals surface area contributed by atoms with Crippen LogP contribution in [0.25, 0.3) is 0 Å². The Kier molecular flexibility index (Phi) is 6.38. The molecule has 188 valence electrons. The first-order valence-electron chi connectivity index (χ1n) is 10.8. The molecular weight excluding hydrogens is 505 g/mol. The Morgan fingerprint density at radius 2 is 2.03 bits per heavy atom. The smallest absolute Gasteiger partial charge is 0.387 e. The Bertz CT molecular complexity index is 1360. The predicted molar refractivity (Wildman–Crippen MR) is 127 cm³/mol. The number of fused-ring (bicyclic) bond motifs is 1. The highest BCUT2D eigenvalue weighted by Crippen LogP contribution is 2.47. The fraction of sp³-hybridized carbons (Fsp3) is 0.435. The van der Waals surface area contributed by atoms with E-state index in [0.29, 0.717) is 18.5 Å². The van der Waals surface area contributed by atoms with Gasteiger partial charge in [-0.3, -0.25) is 9.79 Å². The van der Waals surface area contributed by atoms with Crippen LogP contribution in [0.2, 0.25) is 5.02 Å². The quantitative estimate of drug-likeness (QED) is 0.555.